The molecule has 0 aliphatic rings. The number of carbonyl (C=O) groups is 1. The van der Waals surface area contributed by atoms with Crippen LogP contribution in [0.25, 0.3) is 11.3 Å². The van der Waals surface area contributed by atoms with Crippen molar-refractivity contribution in [2.45, 2.75) is 31.7 Å². The van der Waals surface area contributed by atoms with Crippen LogP contribution in [0.2, 0.25) is 0 Å². The minimum atomic E-state index is -4.80. The molecule has 0 aliphatic heterocycles. The van der Waals surface area contributed by atoms with E-state index in [1.165, 1.54) is 54.4 Å². The molecule has 0 aliphatic carbocycles. The van der Waals surface area contributed by atoms with Gasteiger partial charge in [-0.2, -0.15) is 0 Å². The summed E-state index contributed by atoms with van der Waals surface area (Å²) in [6, 6.07) is 16.8. The number of hydrogen-bond acceptors (Lipinski definition) is 7. The van der Waals surface area contributed by atoms with Crippen LogP contribution in [-0.4, -0.2) is 46.5 Å². The quantitative estimate of drug-likeness (QED) is 0.135. The maximum atomic E-state index is 15.1. The van der Waals surface area contributed by atoms with E-state index in [1.807, 2.05) is 18.2 Å². The highest BCUT2D eigenvalue weighted by molar-refractivity contribution is 7.98. The number of amides is 1. The number of benzene rings is 3. The molecule has 0 spiro atoms. The number of halogens is 4. The largest absolute Gasteiger partial charge is 0.573 e. The smallest absolute Gasteiger partial charge is 0.406 e. The Hall–Kier alpha value is -4.16. The Morgan fingerprint density at radius 2 is 1.76 bits per heavy atom. The molecule has 0 saturated carbocycles. The van der Waals surface area contributed by atoms with Gasteiger partial charge in [0.1, 0.15) is 11.6 Å². The van der Waals surface area contributed by atoms with Crippen LogP contribution in [0.4, 0.5) is 34.9 Å². The van der Waals surface area contributed by atoms with Gasteiger partial charge in [0.25, 0.3) is 5.91 Å². The van der Waals surface area contributed by atoms with Gasteiger partial charge in [-0.15, -0.1) is 24.9 Å². The SMILES string of the molecule is CCN(CC)Cc1cccc(NC(=O)c2ccc(Nc3ncc(SC)c(-c4ccc(OC(F)(F)F)cc4)n3)c(F)c2)c1. The van der Waals surface area contributed by atoms with E-state index in [4.69, 9.17) is 0 Å². The lowest BCUT2D eigenvalue weighted by atomic mass is 10.1. The second kappa shape index (κ2) is 13.7. The number of nitrogens with zero attached hydrogens (tertiary/aromatic N) is 3. The molecule has 2 N–H and O–H groups in total. The first kappa shape index (κ1) is 30.8. The molecule has 1 aromatic heterocycles. The van der Waals surface area contributed by atoms with Crippen molar-refractivity contribution in [3.63, 3.8) is 0 Å². The first-order valence-electron chi connectivity index (χ1n) is 13.0. The molecule has 12 heteroatoms. The summed E-state index contributed by atoms with van der Waals surface area (Å²) >= 11 is 1.35. The molecule has 4 rings (SSSR count). The van der Waals surface area contributed by atoms with Crippen molar-refractivity contribution in [3.05, 3.63) is 89.9 Å². The number of rotatable bonds is 11. The second-order valence-electron chi connectivity index (χ2n) is 9.12. The topological polar surface area (TPSA) is 79.4 Å². The highest BCUT2D eigenvalue weighted by Crippen LogP contribution is 2.32. The second-order valence-corrected chi connectivity index (χ2v) is 9.97. The summed E-state index contributed by atoms with van der Waals surface area (Å²) in [7, 11) is 0. The zero-order valence-corrected chi connectivity index (χ0v) is 23.9. The first-order valence-corrected chi connectivity index (χ1v) is 14.3. The van der Waals surface area contributed by atoms with E-state index in [1.54, 1.807) is 12.3 Å². The maximum absolute atomic E-state index is 15.1. The Kier molecular flexibility index (Phi) is 10.0. The van der Waals surface area contributed by atoms with Crippen LogP contribution in [0.3, 0.4) is 0 Å². The van der Waals surface area contributed by atoms with Gasteiger partial charge in [-0.3, -0.25) is 9.69 Å². The van der Waals surface area contributed by atoms with Crippen LogP contribution >= 0.6 is 11.8 Å². The van der Waals surface area contributed by atoms with E-state index in [2.05, 4.69) is 44.1 Å². The number of aromatic nitrogens is 2. The van der Waals surface area contributed by atoms with Gasteiger partial charge in [0.15, 0.2) is 0 Å². The van der Waals surface area contributed by atoms with Crippen molar-refractivity contribution in [2.75, 3.05) is 30.0 Å². The lowest BCUT2D eigenvalue weighted by Crippen LogP contribution is -2.22. The lowest BCUT2D eigenvalue weighted by molar-refractivity contribution is -0.274. The fourth-order valence-electron chi connectivity index (χ4n) is 4.14. The molecule has 3 aromatic carbocycles. The van der Waals surface area contributed by atoms with Crippen LogP contribution in [-0.2, 0) is 6.54 Å². The van der Waals surface area contributed by atoms with Gasteiger partial charge in [-0.05, 0) is 79.5 Å². The highest BCUT2D eigenvalue weighted by atomic mass is 32.2. The van der Waals surface area contributed by atoms with Crippen molar-refractivity contribution in [1.29, 1.82) is 0 Å². The third-order valence-electron chi connectivity index (χ3n) is 6.30. The molecule has 0 radical (unpaired) electrons. The molecular weight excluding hydrogens is 570 g/mol. The van der Waals surface area contributed by atoms with E-state index < -0.39 is 18.1 Å². The first-order chi connectivity index (χ1) is 20.1. The molecule has 4 aromatic rings. The number of hydrogen-bond donors (Lipinski definition) is 2. The fraction of sp³-hybridized carbons (Fsp3) is 0.233. The fourth-order valence-corrected chi connectivity index (χ4v) is 4.65. The number of anilines is 3. The molecule has 42 heavy (non-hydrogen) atoms. The standard InChI is InChI=1S/C30H29F4N5O2S/c1-4-39(5-2)18-19-7-6-8-22(15-19)36-28(40)21-11-14-25(24(31)16-21)37-29-35-17-26(42-3)27(38-29)20-9-12-23(13-10-20)41-30(32,33)34/h6-17H,4-5,18H2,1-3H3,(H,36,40)(H,35,37,38). The van der Waals surface area contributed by atoms with Gasteiger partial charge in [0.05, 0.1) is 16.3 Å². The molecule has 7 nitrogen and oxygen atoms in total. The van der Waals surface area contributed by atoms with Crippen molar-refractivity contribution < 1.29 is 27.1 Å². The van der Waals surface area contributed by atoms with Gasteiger partial charge in [-0.25, -0.2) is 14.4 Å². The number of carbonyl (C=O) groups excluding carboxylic acids is 1. The van der Waals surface area contributed by atoms with Gasteiger partial charge < -0.3 is 15.4 Å². The number of thioether (sulfide) groups is 1. The van der Waals surface area contributed by atoms with Crippen LogP contribution < -0.4 is 15.4 Å². The minimum absolute atomic E-state index is 0.0459. The molecular formula is C30H29F4N5O2S. The minimum Gasteiger partial charge on any atom is -0.406 e. The van der Waals surface area contributed by atoms with Gasteiger partial charge in [0.2, 0.25) is 5.95 Å². The number of ether oxygens (including phenoxy) is 1. The van der Waals surface area contributed by atoms with Gasteiger partial charge >= 0.3 is 6.36 Å². The van der Waals surface area contributed by atoms with Crippen molar-refractivity contribution in [2.24, 2.45) is 0 Å². The van der Waals surface area contributed by atoms with Gasteiger partial charge in [-0.1, -0.05) is 26.0 Å². The third-order valence-corrected chi connectivity index (χ3v) is 7.04. The van der Waals surface area contributed by atoms with E-state index >= 15 is 4.39 Å². The predicted octanol–water partition coefficient (Wildman–Crippen LogP) is 7.74. The molecule has 1 heterocycles. The van der Waals surface area contributed by atoms with Crippen LogP contribution in [0.5, 0.6) is 5.75 Å². The summed E-state index contributed by atoms with van der Waals surface area (Å²) in [5.41, 5.74) is 2.81. The van der Waals surface area contributed by atoms with Gasteiger partial charge in [0, 0.05) is 29.6 Å². The molecule has 0 unspecified atom stereocenters. The van der Waals surface area contributed by atoms with Crippen molar-refractivity contribution in [1.82, 2.24) is 14.9 Å². The molecule has 0 saturated heterocycles. The third kappa shape index (κ3) is 8.20. The monoisotopic (exact) mass is 599 g/mol. The van der Waals surface area contributed by atoms with Crippen LogP contribution in [0.1, 0.15) is 29.8 Å². The highest BCUT2D eigenvalue weighted by Gasteiger charge is 2.31. The lowest BCUT2D eigenvalue weighted by Gasteiger charge is -2.18. The van der Waals surface area contributed by atoms with Crippen molar-refractivity contribution in [3.8, 4) is 17.0 Å². The summed E-state index contributed by atoms with van der Waals surface area (Å²) < 4.78 is 56.5. The summed E-state index contributed by atoms with van der Waals surface area (Å²) in [6.45, 7) is 6.76. The Morgan fingerprint density at radius 3 is 2.40 bits per heavy atom. The zero-order chi connectivity index (χ0) is 30.3. The average Bonchev–Trinajstić information content (AvgIpc) is 2.96. The molecule has 0 fully saturated rings. The summed E-state index contributed by atoms with van der Waals surface area (Å²) in [4.78, 5) is 24.4. The normalized spacial score (nSPS) is 11.4. The van der Waals surface area contributed by atoms with E-state index in [9.17, 15) is 18.0 Å². The Balaban J connectivity index is 1.48. The van der Waals surface area contributed by atoms with Crippen LogP contribution in [0, 0.1) is 5.82 Å². The average molecular weight is 600 g/mol. The van der Waals surface area contributed by atoms with E-state index in [0.29, 0.717) is 21.8 Å². The number of alkyl halides is 3. The predicted molar refractivity (Wildman–Crippen MR) is 157 cm³/mol. The summed E-state index contributed by atoms with van der Waals surface area (Å²) in [6.07, 6.45) is -1.46. The summed E-state index contributed by atoms with van der Waals surface area (Å²) in [5.74, 6) is -1.44. The Bertz CT molecular complexity index is 1530. The number of nitrogens with one attached hydrogen (secondary N) is 2. The summed E-state index contributed by atoms with van der Waals surface area (Å²) in [5, 5.41) is 5.63. The zero-order valence-electron chi connectivity index (χ0n) is 23.1. The van der Waals surface area contributed by atoms with Crippen LogP contribution in [0.15, 0.2) is 77.8 Å². The van der Waals surface area contributed by atoms with E-state index in [-0.39, 0.29) is 22.9 Å². The molecule has 0 atom stereocenters. The molecule has 220 valence electrons. The molecule has 1 amide bonds. The molecule has 0 bridgehead atoms. The van der Waals surface area contributed by atoms with E-state index in [0.717, 1.165) is 31.3 Å². The van der Waals surface area contributed by atoms with Crippen molar-refractivity contribution >= 4 is 35.0 Å². The Labute approximate surface area is 245 Å². The Morgan fingerprint density at radius 1 is 1.02 bits per heavy atom. The maximum Gasteiger partial charge on any atom is 0.573 e.